The van der Waals surface area contributed by atoms with Gasteiger partial charge in [0.1, 0.15) is 6.10 Å². The third-order valence-electron chi connectivity index (χ3n) is 4.69. The van der Waals surface area contributed by atoms with Gasteiger partial charge in [0.2, 0.25) is 0 Å². The lowest BCUT2D eigenvalue weighted by Crippen LogP contribution is -2.59. The van der Waals surface area contributed by atoms with Crippen molar-refractivity contribution < 1.29 is 28.5 Å². The highest BCUT2D eigenvalue weighted by molar-refractivity contribution is 5.84. The minimum atomic E-state index is -0.550. The van der Waals surface area contributed by atoms with Crippen LogP contribution in [0, 0.1) is 23.7 Å². The molecule has 0 spiro atoms. The molecule has 0 aromatic heterocycles. The number of esters is 2. The van der Waals surface area contributed by atoms with E-state index >= 15 is 0 Å². The van der Waals surface area contributed by atoms with Gasteiger partial charge in [-0.2, -0.15) is 0 Å². The predicted molar refractivity (Wildman–Crippen MR) is 75.6 cm³/mol. The van der Waals surface area contributed by atoms with Crippen molar-refractivity contribution in [2.75, 3.05) is 13.2 Å². The summed E-state index contributed by atoms with van der Waals surface area (Å²) in [5.74, 6) is -2.02. The Morgan fingerprint density at radius 1 is 1.36 bits per heavy atom. The molecule has 22 heavy (non-hydrogen) atoms. The minimum absolute atomic E-state index is 0.0679. The number of hydrogen-bond donors (Lipinski definition) is 0. The third kappa shape index (κ3) is 2.54. The van der Waals surface area contributed by atoms with Crippen LogP contribution in [0.25, 0.3) is 0 Å². The Morgan fingerprint density at radius 2 is 2.14 bits per heavy atom. The number of hydrogen-bond acceptors (Lipinski definition) is 6. The van der Waals surface area contributed by atoms with Crippen LogP contribution in [0.3, 0.4) is 0 Å². The van der Waals surface area contributed by atoms with Gasteiger partial charge < -0.3 is 18.9 Å². The summed E-state index contributed by atoms with van der Waals surface area (Å²) < 4.78 is 21.9. The normalized spacial score (nSPS) is 43.8. The van der Waals surface area contributed by atoms with E-state index in [1.807, 2.05) is 26.0 Å². The van der Waals surface area contributed by atoms with Gasteiger partial charge in [-0.05, 0) is 19.8 Å². The minimum Gasteiger partial charge on any atom is -0.466 e. The molecule has 0 aromatic rings. The molecular weight excluding hydrogens is 288 g/mol. The first kappa shape index (κ1) is 15.5. The molecule has 2 fully saturated rings. The van der Waals surface area contributed by atoms with Crippen LogP contribution in [0.15, 0.2) is 12.2 Å². The summed E-state index contributed by atoms with van der Waals surface area (Å²) in [6.07, 6.45) is 2.94. The first-order chi connectivity index (χ1) is 10.5. The highest BCUT2D eigenvalue weighted by Crippen LogP contribution is 2.43. The van der Waals surface area contributed by atoms with Crippen LogP contribution in [-0.4, -0.2) is 43.7 Å². The van der Waals surface area contributed by atoms with E-state index < -0.39 is 17.9 Å². The second-order valence-corrected chi connectivity index (χ2v) is 6.10. The summed E-state index contributed by atoms with van der Waals surface area (Å²) in [6, 6.07) is 0. The topological polar surface area (TPSA) is 71.1 Å². The molecule has 6 nitrogen and oxygen atoms in total. The second kappa shape index (κ2) is 6.01. The van der Waals surface area contributed by atoms with Crippen LogP contribution >= 0.6 is 0 Å². The Hall–Kier alpha value is -1.40. The molecule has 2 saturated heterocycles. The molecule has 0 N–H and O–H groups in total. The SMILES string of the molecule is CCOC(=O)[C@H]1[C@@H]2C(=O)O[C@@H]3CO[C@@H](C)O[C@H]3[C@H]2C=C[C@@H]1C. The van der Waals surface area contributed by atoms with Crippen molar-refractivity contribution in [2.45, 2.75) is 39.3 Å². The van der Waals surface area contributed by atoms with E-state index in [4.69, 9.17) is 18.9 Å². The maximum Gasteiger partial charge on any atom is 0.310 e. The number of carbonyl (C=O) groups is 2. The maximum atomic E-state index is 12.5. The van der Waals surface area contributed by atoms with Crippen molar-refractivity contribution in [1.29, 1.82) is 0 Å². The van der Waals surface area contributed by atoms with Crippen molar-refractivity contribution in [3.63, 3.8) is 0 Å². The van der Waals surface area contributed by atoms with E-state index in [0.717, 1.165) is 0 Å². The fourth-order valence-electron chi connectivity index (χ4n) is 3.67. The van der Waals surface area contributed by atoms with Gasteiger partial charge in [-0.3, -0.25) is 9.59 Å². The summed E-state index contributed by atoms with van der Waals surface area (Å²) in [4.78, 5) is 24.8. The molecule has 0 amide bonds. The van der Waals surface area contributed by atoms with Crippen LogP contribution in [0.4, 0.5) is 0 Å². The van der Waals surface area contributed by atoms with Gasteiger partial charge in [-0.15, -0.1) is 0 Å². The third-order valence-corrected chi connectivity index (χ3v) is 4.69. The van der Waals surface area contributed by atoms with Gasteiger partial charge in [0.15, 0.2) is 12.4 Å². The van der Waals surface area contributed by atoms with E-state index in [0.29, 0.717) is 13.2 Å². The molecule has 6 heteroatoms. The highest BCUT2D eigenvalue weighted by Gasteiger charge is 2.55. The fourth-order valence-corrected chi connectivity index (χ4v) is 3.67. The Balaban J connectivity index is 1.90. The number of rotatable bonds is 2. The number of allylic oxidation sites excluding steroid dienone is 1. The highest BCUT2D eigenvalue weighted by atomic mass is 16.7. The van der Waals surface area contributed by atoms with Gasteiger partial charge in [0, 0.05) is 5.92 Å². The summed E-state index contributed by atoms with van der Waals surface area (Å²) in [6.45, 7) is 6.12. The lowest BCUT2D eigenvalue weighted by atomic mass is 9.67. The largest absolute Gasteiger partial charge is 0.466 e. The molecule has 0 saturated carbocycles. The lowest BCUT2D eigenvalue weighted by Gasteiger charge is -2.47. The van der Waals surface area contributed by atoms with Crippen molar-refractivity contribution >= 4 is 11.9 Å². The van der Waals surface area contributed by atoms with Crippen LogP contribution in [0.2, 0.25) is 0 Å². The molecule has 2 heterocycles. The molecule has 3 rings (SSSR count). The zero-order valence-corrected chi connectivity index (χ0v) is 13.1. The molecule has 0 unspecified atom stereocenters. The smallest absolute Gasteiger partial charge is 0.310 e. The second-order valence-electron chi connectivity index (χ2n) is 6.10. The van der Waals surface area contributed by atoms with Crippen LogP contribution < -0.4 is 0 Å². The predicted octanol–water partition coefficient (Wildman–Crippen LogP) is 1.29. The van der Waals surface area contributed by atoms with Gasteiger partial charge in [-0.1, -0.05) is 19.1 Å². The number of carbonyl (C=O) groups excluding carboxylic acids is 2. The van der Waals surface area contributed by atoms with E-state index in [2.05, 4.69) is 0 Å². The van der Waals surface area contributed by atoms with E-state index in [-0.39, 0.29) is 36.2 Å². The van der Waals surface area contributed by atoms with Crippen molar-refractivity contribution in [3.05, 3.63) is 12.2 Å². The maximum absolute atomic E-state index is 12.5. The average molecular weight is 310 g/mol. The summed E-state index contributed by atoms with van der Waals surface area (Å²) in [7, 11) is 0. The van der Waals surface area contributed by atoms with Gasteiger partial charge in [0.25, 0.3) is 0 Å². The average Bonchev–Trinajstić information content (AvgIpc) is 2.48. The van der Waals surface area contributed by atoms with Crippen LogP contribution in [0.1, 0.15) is 20.8 Å². The lowest BCUT2D eigenvalue weighted by molar-refractivity contribution is -0.278. The van der Waals surface area contributed by atoms with Gasteiger partial charge in [-0.25, -0.2) is 0 Å². The van der Waals surface area contributed by atoms with E-state index in [1.54, 1.807) is 6.92 Å². The molecule has 0 radical (unpaired) electrons. The monoisotopic (exact) mass is 310 g/mol. The van der Waals surface area contributed by atoms with Crippen molar-refractivity contribution in [1.82, 2.24) is 0 Å². The quantitative estimate of drug-likeness (QED) is 0.565. The zero-order valence-electron chi connectivity index (χ0n) is 13.1. The number of fused-ring (bicyclic) bond motifs is 3. The Labute approximate surface area is 129 Å². The summed E-state index contributed by atoms with van der Waals surface area (Å²) >= 11 is 0. The molecule has 2 aliphatic heterocycles. The Bertz CT molecular complexity index is 487. The fraction of sp³-hybridized carbons (Fsp3) is 0.750. The first-order valence-corrected chi connectivity index (χ1v) is 7.85. The standard InChI is InChI=1S/C16H22O6/c1-4-19-15(17)12-8(2)5-6-10-13(12)16(18)22-11-7-20-9(3)21-14(10)11/h5-6,8-14H,4,7H2,1-3H3/t8-,9+,10-,11+,12+,13+,14-/m0/s1. The number of ether oxygens (including phenoxy) is 4. The van der Waals surface area contributed by atoms with E-state index in [1.165, 1.54) is 0 Å². The Kier molecular flexibility index (Phi) is 4.23. The van der Waals surface area contributed by atoms with Crippen LogP contribution in [0.5, 0.6) is 0 Å². The summed E-state index contributed by atoms with van der Waals surface area (Å²) in [5, 5.41) is 0. The molecule has 1 aliphatic carbocycles. The van der Waals surface area contributed by atoms with Crippen molar-refractivity contribution in [2.24, 2.45) is 23.7 Å². The van der Waals surface area contributed by atoms with Crippen molar-refractivity contribution in [3.8, 4) is 0 Å². The zero-order chi connectivity index (χ0) is 15.9. The Morgan fingerprint density at radius 3 is 2.86 bits per heavy atom. The molecular formula is C16H22O6. The molecule has 0 aromatic carbocycles. The van der Waals surface area contributed by atoms with Gasteiger partial charge in [0.05, 0.1) is 25.0 Å². The molecule has 7 atom stereocenters. The molecule has 0 bridgehead atoms. The molecule has 122 valence electrons. The summed E-state index contributed by atoms with van der Waals surface area (Å²) in [5.41, 5.74) is 0. The van der Waals surface area contributed by atoms with E-state index in [9.17, 15) is 9.59 Å². The van der Waals surface area contributed by atoms with Crippen LogP contribution in [-0.2, 0) is 28.5 Å². The van der Waals surface area contributed by atoms with Gasteiger partial charge >= 0.3 is 11.9 Å². The molecule has 3 aliphatic rings. The first-order valence-electron chi connectivity index (χ1n) is 7.85.